The Morgan fingerprint density at radius 3 is 1.56 bits per heavy atom. The maximum atomic E-state index is 9.53. The van der Waals surface area contributed by atoms with Gasteiger partial charge >= 0.3 is 21.1 Å². The van der Waals surface area contributed by atoms with Crippen LogP contribution in [0.3, 0.4) is 0 Å². The average molecular weight is 302 g/mol. The molecule has 0 radical (unpaired) electrons. The Morgan fingerprint density at radius 1 is 1.44 bits per heavy atom. The van der Waals surface area contributed by atoms with Crippen molar-refractivity contribution in [2.45, 2.75) is 6.92 Å². The van der Waals surface area contributed by atoms with E-state index in [0.29, 0.717) is 0 Å². The summed E-state index contributed by atoms with van der Waals surface area (Å²) >= 11 is 0. The number of methoxy groups -OCH3 is 1. The standard InChI is InChI=1S/C3H5O2.C2H5O.W/c1-3(4)5-2;1-3-2;/h2H2,1H3;1H2,2H3;/q2*-1;+2. The smallest absolute Gasteiger partial charge is 0.640 e. The van der Waals surface area contributed by atoms with Gasteiger partial charge in [0, 0.05) is 6.92 Å². The first-order chi connectivity index (χ1) is 3.68. The van der Waals surface area contributed by atoms with Crippen LogP contribution >= 0.6 is 0 Å². The molecule has 0 aromatic carbocycles. The number of ether oxygens (including phenoxy) is 2. The molecule has 54 valence electrons. The van der Waals surface area contributed by atoms with E-state index in [4.69, 9.17) is 0 Å². The molecular formula is C5H10O3W. The van der Waals surface area contributed by atoms with Crippen molar-refractivity contribution in [1.29, 1.82) is 0 Å². The molecule has 0 saturated carbocycles. The van der Waals surface area contributed by atoms with E-state index < -0.39 is 0 Å². The summed E-state index contributed by atoms with van der Waals surface area (Å²) in [4.78, 5) is 9.53. The second kappa shape index (κ2) is 15.7. The predicted octanol–water partition coefficient (Wildman–Crippen LogP) is 0.763. The summed E-state index contributed by atoms with van der Waals surface area (Å²) in [5.74, 6) is -0.356. The zero-order valence-electron chi connectivity index (χ0n) is 5.55. The second-order valence-corrected chi connectivity index (χ2v) is 0.925. The van der Waals surface area contributed by atoms with E-state index in [9.17, 15) is 4.79 Å². The molecule has 0 heterocycles. The molecule has 0 spiro atoms. The third-order valence-corrected chi connectivity index (χ3v) is 0.203. The van der Waals surface area contributed by atoms with E-state index in [0.717, 1.165) is 0 Å². The van der Waals surface area contributed by atoms with E-state index in [1.165, 1.54) is 14.0 Å². The number of esters is 1. The van der Waals surface area contributed by atoms with Crippen molar-refractivity contribution < 1.29 is 35.3 Å². The van der Waals surface area contributed by atoms with Gasteiger partial charge in [-0.25, -0.2) is 7.11 Å². The molecule has 0 aromatic heterocycles. The van der Waals surface area contributed by atoms with Gasteiger partial charge in [-0.05, 0) is 7.11 Å². The van der Waals surface area contributed by atoms with Gasteiger partial charge < -0.3 is 9.47 Å². The molecule has 0 atom stereocenters. The third-order valence-electron chi connectivity index (χ3n) is 0.203. The summed E-state index contributed by atoms with van der Waals surface area (Å²) in [7, 11) is 7.34. The Kier molecular flexibility index (Phi) is 28.0. The molecule has 0 aliphatic heterocycles. The van der Waals surface area contributed by atoms with Crippen LogP contribution in [-0.4, -0.2) is 13.1 Å². The van der Waals surface area contributed by atoms with Crippen LogP contribution in [0.15, 0.2) is 0 Å². The quantitative estimate of drug-likeness (QED) is 0.490. The van der Waals surface area contributed by atoms with E-state index in [1.54, 1.807) is 0 Å². The van der Waals surface area contributed by atoms with Crippen LogP contribution in [0.4, 0.5) is 0 Å². The summed E-state index contributed by atoms with van der Waals surface area (Å²) in [6, 6.07) is 0. The number of hydrogen-bond donors (Lipinski definition) is 0. The summed E-state index contributed by atoms with van der Waals surface area (Å²) in [6.45, 7) is 1.30. The summed E-state index contributed by atoms with van der Waals surface area (Å²) in [5.41, 5.74) is 0. The van der Waals surface area contributed by atoms with Gasteiger partial charge in [0.05, 0.1) is 0 Å². The second-order valence-electron chi connectivity index (χ2n) is 0.925. The SMILES string of the molecule is [CH2-]OC.[CH2-]OC(C)=O.[W+2]. The van der Waals surface area contributed by atoms with Gasteiger partial charge in [-0.2, -0.15) is 7.11 Å². The molecule has 0 aliphatic carbocycles. The molecule has 0 rings (SSSR count). The maximum Gasteiger partial charge on any atom is 2.00 e. The fourth-order valence-electron chi connectivity index (χ4n) is 0. The molecule has 3 nitrogen and oxygen atoms in total. The van der Waals surface area contributed by atoms with Gasteiger partial charge in [-0.15, -0.1) is 0 Å². The third kappa shape index (κ3) is 67.7. The molecule has 0 amide bonds. The van der Waals surface area contributed by atoms with Crippen LogP contribution in [0.2, 0.25) is 0 Å². The van der Waals surface area contributed by atoms with Crippen molar-refractivity contribution in [3.05, 3.63) is 14.2 Å². The first-order valence-electron chi connectivity index (χ1n) is 1.89. The van der Waals surface area contributed by atoms with Crippen LogP contribution < -0.4 is 0 Å². The topological polar surface area (TPSA) is 35.5 Å². The fraction of sp³-hybridized carbons (Fsp3) is 0.400. The molecule has 0 unspecified atom stereocenters. The average Bonchev–Trinajstić information content (AvgIpc) is 1.69. The molecule has 4 heteroatoms. The molecule has 0 bridgehead atoms. The first-order valence-corrected chi connectivity index (χ1v) is 1.89. The number of carbonyl (C=O) groups is 1. The summed E-state index contributed by atoms with van der Waals surface area (Å²) in [5, 5.41) is 0. The maximum absolute atomic E-state index is 9.53. The van der Waals surface area contributed by atoms with E-state index in [2.05, 4.69) is 23.7 Å². The van der Waals surface area contributed by atoms with Gasteiger partial charge in [-0.3, -0.25) is 4.79 Å². The number of rotatable bonds is 0. The molecule has 0 saturated heterocycles. The van der Waals surface area contributed by atoms with E-state index in [-0.39, 0.29) is 27.0 Å². The Morgan fingerprint density at radius 2 is 1.56 bits per heavy atom. The minimum absolute atomic E-state index is 0. The predicted molar refractivity (Wildman–Crippen MR) is 29.5 cm³/mol. The van der Waals surface area contributed by atoms with Crippen molar-refractivity contribution in [3.8, 4) is 0 Å². The Hall–Kier alpha value is 0.118. The monoisotopic (exact) mass is 302 g/mol. The number of carbonyl (C=O) groups excluding carboxylic acids is 1. The van der Waals surface area contributed by atoms with Crippen LogP contribution in [0.1, 0.15) is 6.92 Å². The Bertz CT molecular complexity index is 56.2. The molecule has 0 N–H and O–H groups in total. The van der Waals surface area contributed by atoms with Crippen LogP contribution in [0.5, 0.6) is 0 Å². The molecule has 0 aliphatic rings. The normalized spacial score (nSPS) is 5.78. The van der Waals surface area contributed by atoms with Crippen molar-refractivity contribution in [2.24, 2.45) is 0 Å². The van der Waals surface area contributed by atoms with Crippen molar-refractivity contribution >= 4 is 5.97 Å². The zero-order chi connectivity index (χ0) is 6.99. The van der Waals surface area contributed by atoms with Crippen LogP contribution in [0.25, 0.3) is 0 Å². The first kappa shape index (κ1) is 16.1. The largest absolute Gasteiger partial charge is 2.00 e. The van der Waals surface area contributed by atoms with Gasteiger partial charge in [-0.1, -0.05) is 0 Å². The zero-order valence-corrected chi connectivity index (χ0v) is 8.48. The molecule has 0 aromatic rings. The van der Waals surface area contributed by atoms with E-state index in [1.807, 2.05) is 0 Å². The summed E-state index contributed by atoms with van der Waals surface area (Å²) < 4.78 is 7.86. The van der Waals surface area contributed by atoms with Crippen molar-refractivity contribution in [2.75, 3.05) is 7.11 Å². The van der Waals surface area contributed by atoms with Gasteiger partial charge in [0.25, 0.3) is 5.97 Å². The fourth-order valence-corrected chi connectivity index (χ4v) is 0. The molecule has 9 heavy (non-hydrogen) atoms. The summed E-state index contributed by atoms with van der Waals surface area (Å²) in [6.07, 6.45) is 0. The van der Waals surface area contributed by atoms with Gasteiger partial charge in [0.15, 0.2) is 0 Å². The van der Waals surface area contributed by atoms with Crippen LogP contribution in [0, 0.1) is 14.2 Å². The minimum Gasteiger partial charge on any atom is -0.640 e. The van der Waals surface area contributed by atoms with Gasteiger partial charge in [0.1, 0.15) is 0 Å². The Balaban J connectivity index is -0.0000000800. The van der Waals surface area contributed by atoms with Crippen LogP contribution in [-0.2, 0) is 35.3 Å². The minimum atomic E-state index is -0.356. The Labute approximate surface area is 70.0 Å². The number of hydrogen-bond acceptors (Lipinski definition) is 3. The van der Waals surface area contributed by atoms with Gasteiger partial charge in [0.2, 0.25) is 0 Å². The van der Waals surface area contributed by atoms with Crippen molar-refractivity contribution in [3.63, 3.8) is 0 Å². The van der Waals surface area contributed by atoms with E-state index >= 15 is 0 Å². The molecular weight excluding hydrogens is 292 g/mol. The van der Waals surface area contributed by atoms with Crippen molar-refractivity contribution in [1.82, 2.24) is 0 Å². The molecule has 0 fully saturated rings.